The molecule has 0 radical (unpaired) electrons. The van der Waals surface area contributed by atoms with Crippen LogP contribution in [-0.2, 0) is 0 Å². The highest BCUT2D eigenvalue weighted by molar-refractivity contribution is 5.94. The monoisotopic (exact) mass is 271 g/mol. The molecule has 1 aromatic heterocycles. The number of rotatable bonds is 3. The lowest BCUT2D eigenvalue weighted by Gasteiger charge is -2.04. The van der Waals surface area contributed by atoms with Crippen LogP contribution < -0.4 is 15.2 Å². The zero-order valence-corrected chi connectivity index (χ0v) is 11.1. The van der Waals surface area contributed by atoms with Gasteiger partial charge in [-0.2, -0.15) is 5.10 Å². The van der Waals surface area contributed by atoms with Gasteiger partial charge in [0.05, 0.1) is 19.8 Å². The first-order valence-electron chi connectivity index (χ1n) is 5.72. The Hall–Kier alpha value is -2.94. The molecule has 0 spiro atoms. The van der Waals surface area contributed by atoms with Crippen molar-refractivity contribution >= 4 is 5.91 Å². The number of aromatic nitrogens is 2. The summed E-state index contributed by atoms with van der Waals surface area (Å²) >= 11 is 0. The summed E-state index contributed by atoms with van der Waals surface area (Å²) in [4.78, 5) is 11.1. The van der Waals surface area contributed by atoms with Crippen LogP contribution in [0, 0.1) is 11.8 Å². The van der Waals surface area contributed by atoms with Crippen LogP contribution in [0.3, 0.4) is 0 Å². The minimum Gasteiger partial charge on any atom is -0.497 e. The third-order valence-corrected chi connectivity index (χ3v) is 2.58. The van der Waals surface area contributed by atoms with Crippen molar-refractivity contribution in [2.24, 2.45) is 5.73 Å². The Morgan fingerprint density at radius 2 is 1.85 bits per heavy atom. The molecule has 0 saturated carbocycles. The lowest BCUT2D eigenvalue weighted by molar-refractivity contribution is 0.1000. The van der Waals surface area contributed by atoms with E-state index < -0.39 is 5.91 Å². The Morgan fingerprint density at radius 1 is 1.20 bits per heavy atom. The van der Waals surface area contributed by atoms with Crippen molar-refractivity contribution in [3.8, 4) is 23.3 Å². The third-order valence-electron chi connectivity index (χ3n) is 2.58. The molecule has 1 amide bonds. The van der Waals surface area contributed by atoms with Crippen LogP contribution in [0.25, 0.3) is 0 Å². The minimum absolute atomic E-state index is 0.257. The lowest BCUT2D eigenvalue weighted by atomic mass is 10.2. The van der Waals surface area contributed by atoms with Crippen molar-refractivity contribution in [1.29, 1.82) is 0 Å². The van der Waals surface area contributed by atoms with Gasteiger partial charge in [0.15, 0.2) is 0 Å². The Labute approximate surface area is 115 Å². The summed E-state index contributed by atoms with van der Waals surface area (Å²) < 4.78 is 10.3. The summed E-state index contributed by atoms with van der Waals surface area (Å²) in [5, 5.41) is 6.43. The van der Waals surface area contributed by atoms with Gasteiger partial charge in [-0.1, -0.05) is 5.92 Å². The fourth-order valence-electron chi connectivity index (χ4n) is 1.58. The number of nitrogens with two attached hydrogens (primary N) is 1. The van der Waals surface area contributed by atoms with Crippen molar-refractivity contribution < 1.29 is 14.3 Å². The molecule has 2 rings (SSSR count). The number of hydrogen-bond acceptors (Lipinski definition) is 4. The maximum Gasteiger partial charge on any atom is 0.253 e. The quantitative estimate of drug-likeness (QED) is 0.812. The minimum atomic E-state index is -0.578. The normalized spacial score (nSPS) is 9.50. The molecule has 1 heterocycles. The van der Waals surface area contributed by atoms with Crippen LogP contribution in [0.15, 0.2) is 24.4 Å². The van der Waals surface area contributed by atoms with Crippen LogP contribution in [-0.4, -0.2) is 30.3 Å². The summed E-state index contributed by atoms with van der Waals surface area (Å²) in [7, 11) is 3.12. The van der Waals surface area contributed by atoms with E-state index >= 15 is 0 Å². The molecular formula is C14H13N3O3. The van der Waals surface area contributed by atoms with E-state index in [1.54, 1.807) is 32.4 Å². The van der Waals surface area contributed by atoms with E-state index in [-0.39, 0.29) is 5.56 Å². The Balaban J connectivity index is 2.37. The number of primary amides is 1. The molecule has 0 aliphatic carbocycles. The summed E-state index contributed by atoms with van der Waals surface area (Å²) in [5.74, 6) is 6.36. The molecule has 0 saturated heterocycles. The summed E-state index contributed by atoms with van der Waals surface area (Å²) in [6.07, 6.45) is 1.42. The number of carbonyl (C=O) groups excluding carboxylic acids is 1. The second kappa shape index (κ2) is 5.80. The van der Waals surface area contributed by atoms with Crippen LogP contribution in [0.2, 0.25) is 0 Å². The van der Waals surface area contributed by atoms with Crippen LogP contribution >= 0.6 is 0 Å². The van der Waals surface area contributed by atoms with Gasteiger partial charge in [0.25, 0.3) is 5.91 Å². The van der Waals surface area contributed by atoms with Crippen molar-refractivity contribution in [3.63, 3.8) is 0 Å². The van der Waals surface area contributed by atoms with E-state index in [1.165, 1.54) is 6.20 Å². The third kappa shape index (κ3) is 2.90. The van der Waals surface area contributed by atoms with Gasteiger partial charge in [-0.3, -0.25) is 9.89 Å². The van der Waals surface area contributed by atoms with E-state index in [9.17, 15) is 4.79 Å². The molecular weight excluding hydrogens is 258 g/mol. The largest absolute Gasteiger partial charge is 0.497 e. The Morgan fingerprint density at radius 3 is 2.40 bits per heavy atom. The van der Waals surface area contributed by atoms with Crippen LogP contribution in [0.1, 0.15) is 21.6 Å². The molecule has 0 bridgehead atoms. The van der Waals surface area contributed by atoms with Gasteiger partial charge < -0.3 is 15.2 Å². The van der Waals surface area contributed by atoms with Crippen molar-refractivity contribution in [2.75, 3.05) is 14.2 Å². The SMILES string of the molecule is COc1cc(C#Cc2n[nH]cc2C(N)=O)cc(OC)c1. The number of amides is 1. The van der Waals surface area contributed by atoms with E-state index in [0.717, 1.165) is 0 Å². The molecule has 0 fully saturated rings. The summed E-state index contributed by atoms with van der Waals surface area (Å²) in [6.45, 7) is 0. The number of benzene rings is 1. The van der Waals surface area contributed by atoms with E-state index in [2.05, 4.69) is 22.0 Å². The molecule has 20 heavy (non-hydrogen) atoms. The van der Waals surface area contributed by atoms with Crippen molar-refractivity contribution in [1.82, 2.24) is 10.2 Å². The summed E-state index contributed by atoms with van der Waals surface area (Å²) in [5.41, 5.74) is 6.45. The summed E-state index contributed by atoms with van der Waals surface area (Å²) in [6, 6.07) is 5.26. The van der Waals surface area contributed by atoms with Crippen LogP contribution in [0.5, 0.6) is 11.5 Å². The number of methoxy groups -OCH3 is 2. The van der Waals surface area contributed by atoms with Gasteiger partial charge in [-0.25, -0.2) is 0 Å². The van der Waals surface area contributed by atoms with Crippen LogP contribution in [0.4, 0.5) is 0 Å². The molecule has 6 nitrogen and oxygen atoms in total. The van der Waals surface area contributed by atoms with Gasteiger partial charge >= 0.3 is 0 Å². The Kier molecular flexibility index (Phi) is 3.91. The average molecular weight is 271 g/mol. The highest BCUT2D eigenvalue weighted by Crippen LogP contribution is 2.21. The number of ether oxygens (including phenoxy) is 2. The van der Waals surface area contributed by atoms with Gasteiger partial charge in [0, 0.05) is 17.8 Å². The number of carbonyl (C=O) groups is 1. The molecule has 6 heteroatoms. The number of nitrogens with one attached hydrogen (secondary N) is 1. The fourth-order valence-corrected chi connectivity index (χ4v) is 1.58. The van der Waals surface area contributed by atoms with Crippen molar-refractivity contribution in [3.05, 3.63) is 41.2 Å². The van der Waals surface area contributed by atoms with Gasteiger partial charge in [0.2, 0.25) is 0 Å². The predicted octanol–water partition coefficient (Wildman–Crippen LogP) is 0.926. The lowest BCUT2D eigenvalue weighted by Crippen LogP contribution is -2.11. The number of aromatic amines is 1. The second-order valence-corrected chi connectivity index (χ2v) is 3.86. The Bertz CT molecular complexity index is 673. The molecule has 3 N–H and O–H groups in total. The number of nitrogens with zero attached hydrogens (tertiary/aromatic N) is 1. The molecule has 0 aliphatic rings. The average Bonchev–Trinajstić information content (AvgIpc) is 2.93. The molecule has 1 aromatic carbocycles. The second-order valence-electron chi connectivity index (χ2n) is 3.86. The van der Waals surface area contributed by atoms with E-state index in [1.807, 2.05) is 0 Å². The van der Waals surface area contributed by atoms with E-state index in [0.29, 0.717) is 22.8 Å². The van der Waals surface area contributed by atoms with Crippen molar-refractivity contribution in [2.45, 2.75) is 0 Å². The van der Waals surface area contributed by atoms with E-state index in [4.69, 9.17) is 15.2 Å². The molecule has 0 unspecified atom stereocenters. The maximum absolute atomic E-state index is 11.1. The number of H-pyrrole nitrogens is 1. The molecule has 0 aliphatic heterocycles. The highest BCUT2D eigenvalue weighted by Gasteiger charge is 2.08. The maximum atomic E-state index is 11.1. The van der Waals surface area contributed by atoms with Gasteiger partial charge in [-0.05, 0) is 18.1 Å². The standard InChI is InChI=1S/C14H13N3O3/c1-19-10-5-9(6-11(7-10)20-2)3-4-13-12(14(15)18)8-16-17-13/h5-8H,1-2H3,(H2,15,18)(H,16,17). The number of hydrogen-bond donors (Lipinski definition) is 2. The smallest absolute Gasteiger partial charge is 0.253 e. The molecule has 2 aromatic rings. The highest BCUT2D eigenvalue weighted by atomic mass is 16.5. The first kappa shape index (κ1) is 13.5. The first-order valence-corrected chi connectivity index (χ1v) is 5.72. The predicted molar refractivity (Wildman–Crippen MR) is 72.6 cm³/mol. The molecule has 102 valence electrons. The molecule has 0 atom stereocenters. The van der Waals surface area contributed by atoms with Gasteiger partial charge in [0.1, 0.15) is 17.2 Å². The zero-order valence-electron chi connectivity index (χ0n) is 11.1. The van der Waals surface area contributed by atoms with Gasteiger partial charge in [-0.15, -0.1) is 0 Å². The zero-order chi connectivity index (χ0) is 14.5. The topological polar surface area (TPSA) is 90.2 Å². The first-order chi connectivity index (χ1) is 9.63. The fraction of sp³-hybridized carbons (Fsp3) is 0.143.